The van der Waals surface area contributed by atoms with E-state index in [4.69, 9.17) is 11.6 Å². The first-order valence-corrected chi connectivity index (χ1v) is 6.89. The molecule has 0 aromatic heterocycles. The normalized spacial score (nSPS) is 18.3. The smallest absolute Gasteiger partial charge is 0.125 e. The second-order valence-corrected chi connectivity index (χ2v) is 5.58. The van der Waals surface area contributed by atoms with Crippen LogP contribution in [-0.2, 0) is 0 Å². The van der Waals surface area contributed by atoms with Crippen molar-refractivity contribution in [1.82, 2.24) is 4.90 Å². The number of halogens is 2. The summed E-state index contributed by atoms with van der Waals surface area (Å²) in [6.07, 6.45) is 2.15. The van der Waals surface area contributed by atoms with Gasteiger partial charge in [-0.05, 0) is 44.9 Å². The van der Waals surface area contributed by atoms with Crippen molar-refractivity contribution in [2.45, 2.75) is 38.8 Å². The Balaban J connectivity index is 1.93. The zero-order valence-corrected chi connectivity index (χ0v) is 11.7. The molecule has 1 aliphatic heterocycles. The van der Waals surface area contributed by atoms with Gasteiger partial charge in [0.25, 0.3) is 0 Å². The number of anilines is 1. The Morgan fingerprint density at radius 3 is 2.61 bits per heavy atom. The van der Waals surface area contributed by atoms with Gasteiger partial charge in [-0.25, -0.2) is 4.39 Å². The lowest BCUT2D eigenvalue weighted by Crippen LogP contribution is -2.42. The molecule has 1 aromatic carbocycles. The molecule has 0 spiro atoms. The number of likely N-dealkylation sites (tertiary alicyclic amines) is 1. The standard InChI is InChI=1S/C14H20ClFN2/c1-10(2)18-7-5-12(6-8-18)17-14-9-11(16)3-4-13(14)15/h3-4,9-10,12,17H,5-8H2,1-2H3. The van der Waals surface area contributed by atoms with E-state index in [0.717, 1.165) is 25.9 Å². The number of rotatable bonds is 3. The highest BCUT2D eigenvalue weighted by Crippen LogP contribution is 2.25. The van der Waals surface area contributed by atoms with E-state index in [1.807, 2.05) is 0 Å². The van der Waals surface area contributed by atoms with E-state index in [-0.39, 0.29) is 5.82 Å². The van der Waals surface area contributed by atoms with Gasteiger partial charge in [0, 0.05) is 25.2 Å². The minimum absolute atomic E-state index is 0.249. The summed E-state index contributed by atoms with van der Waals surface area (Å²) >= 11 is 6.05. The summed E-state index contributed by atoms with van der Waals surface area (Å²) in [6, 6.07) is 5.44. The number of nitrogens with zero attached hydrogens (tertiary/aromatic N) is 1. The van der Waals surface area contributed by atoms with Crippen LogP contribution >= 0.6 is 11.6 Å². The molecule has 1 aliphatic rings. The van der Waals surface area contributed by atoms with Crippen LogP contribution in [0.2, 0.25) is 5.02 Å². The number of nitrogens with one attached hydrogen (secondary N) is 1. The number of hydrogen-bond acceptors (Lipinski definition) is 2. The summed E-state index contributed by atoms with van der Waals surface area (Å²) in [5.74, 6) is -0.249. The summed E-state index contributed by atoms with van der Waals surface area (Å²) in [4.78, 5) is 2.46. The Morgan fingerprint density at radius 1 is 1.33 bits per heavy atom. The van der Waals surface area contributed by atoms with Crippen LogP contribution in [0.25, 0.3) is 0 Å². The quantitative estimate of drug-likeness (QED) is 0.900. The summed E-state index contributed by atoms with van der Waals surface area (Å²) in [7, 11) is 0. The van der Waals surface area contributed by atoms with E-state index in [2.05, 4.69) is 24.1 Å². The van der Waals surface area contributed by atoms with Crippen molar-refractivity contribution in [1.29, 1.82) is 0 Å². The molecule has 2 nitrogen and oxygen atoms in total. The molecule has 4 heteroatoms. The van der Waals surface area contributed by atoms with Crippen LogP contribution < -0.4 is 5.32 Å². The third kappa shape index (κ3) is 3.36. The van der Waals surface area contributed by atoms with Crippen molar-refractivity contribution in [3.63, 3.8) is 0 Å². The van der Waals surface area contributed by atoms with Gasteiger partial charge in [-0.15, -0.1) is 0 Å². The van der Waals surface area contributed by atoms with Gasteiger partial charge in [0.1, 0.15) is 5.82 Å². The topological polar surface area (TPSA) is 15.3 Å². The monoisotopic (exact) mass is 270 g/mol. The first kappa shape index (κ1) is 13.6. The summed E-state index contributed by atoms with van der Waals surface area (Å²) in [5, 5.41) is 3.94. The zero-order chi connectivity index (χ0) is 13.1. The maximum absolute atomic E-state index is 13.2. The minimum Gasteiger partial charge on any atom is -0.381 e. The fourth-order valence-corrected chi connectivity index (χ4v) is 2.56. The molecular weight excluding hydrogens is 251 g/mol. The van der Waals surface area contributed by atoms with Crippen molar-refractivity contribution in [3.05, 3.63) is 29.0 Å². The second kappa shape index (κ2) is 5.89. The molecule has 100 valence electrons. The van der Waals surface area contributed by atoms with Gasteiger partial charge >= 0.3 is 0 Å². The molecule has 1 fully saturated rings. The first-order chi connectivity index (χ1) is 8.56. The van der Waals surface area contributed by atoms with E-state index in [0.29, 0.717) is 22.8 Å². The maximum Gasteiger partial charge on any atom is 0.125 e. The van der Waals surface area contributed by atoms with Gasteiger partial charge in [0.05, 0.1) is 10.7 Å². The van der Waals surface area contributed by atoms with Crippen LogP contribution in [0.4, 0.5) is 10.1 Å². The molecule has 1 aromatic rings. The fourth-order valence-electron chi connectivity index (χ4n) is 2.39. The van der Waals surface area contributed by atoms with Crippen LogP contribution in [0.1, 0.15) is 26.7 Å². The molecule has 2 rings (SSSR count). The predicted octanol–water partition coefficient (Wildman–Crippen LogP) is 3.76. The van der Waals surface area contributed by atoms with Gasteiger partial charge in [0.15, 0.2) is 0 Å². The van der Waals surface area contributed by atoms with Crippen LogP contribution in [0.15, 0.2) is 18.2 Å². The van der Waals surface area contributed by atoms with E-state index in [1.165, 1.54) is 12.1 Å². The second-order valence-electron chi connectivity index (χ2n) is 5.17. The zero-order valence-electron chi connectivity index (χ0n) is 10.9. The van der Waals surface area contributed by atoms with E-state index in [1.54, 1.807) is 6.07 Å². The molecule has 18 heavy (non-hydrogen) atoms. The van der Waals surface area contributed by atoms with Gasteiger partial charge < -0.3 is 10.2 Å². The van der Waals surface area contributed by atoms with Crippen LogP contribution in [-0.4, -0.2) is 30.1 Å². The Hall–Kier alpha value is -0.800. The number of benzene rings is 1. The lowest BCUT2D eigenvalue weighted by Gasteiger charge is -2.35. The molecule has 0 atom stereocenters. The summed E-state index contributed by atoms with van der Waals surface area (Å²) in [6.45, 7) is 6.61. The van der Waals surface area contributed by atoms with Crippen molar-refractivity contribution in [2.24, 2.45) is 0 Å². The highest BCUT2D eigenvalue weighted by Gasteiger charge is 2.21. The Bertz CT molecular complexity index is 401. The van der Waals surface area contributed by atoms with E-state index >= 15 is 0 Å². The number of piperidine rings is 1. The van der Waals surface area contributed by atoms with Gasteiger partial charge in [0.2, 0.25) is 0 Å². The van der Waals surface area contributed by atoms with Crippen molar-refractivity contribution >= 4 is 17.3 Å². The minimum atomic E-state index is -0.249. The third-order valence-electron chi connectivity index (χ3n) is 3.55. The molecule has 0 aliphatic carbocycles. The maximum atomic E-state index is 13.2. The average Bonchev–Trinajstić information content (AvgIpc) is 2.34. The van der Waals surface area contributed by atoms with Crippen LogP contribution in [0.3, 0.4) is 0 Å². The molecule has 0 saturated carbocycles. The Kier molecular flexibility index (Phi) is 4.46. The highest BCUT2D eigenvalue weighted by atomic mass is 35.5. The third-order valence-corrected chi connectivity index (χ3v) is 3.88. The lowest BCUT2D eigenvalue weighted by molar-refractivity contribution is 0.177. The van der Waals surface area contributed by atoms with Crippen molar-refractivity contribution in [3.8, 4) is 0 Å². The van der Waals surface area contributed by atoms with Gasteiger partial charge in [-0.2, -0.15) is 0 Å². The lowest BCUT2D eigenvalue weighted by atomic mass is 10.0. The molecular formula is C14H20ClFN2. The molecule has 0 amide bonds. The fraction of sp³-hybridized carbons (Fsp3) is 0.571. The summed E-state index contributed by atoms with van der Waals surface area (Å²) < 4.78 is 13.2. The van der Waals surface area contributed by atoms with Crippen molar-refractivity contribution in [2.75, 3.05) is 18.4 Å². The van der Waals surface area contributed by atoms with E-state index in [9.17, 15) is 4.39 Å². The molecule has 1 saturated heterocycles. The Morgan fingerprint density at radius 2 is 2.00 bits per heavy atom. The highest BCUT2D eigenvalue weighted by molar-refractivity contribution is 6.33. The van der Waals surface area contributed by atoms with Gasteiger partial charge in [-0.1, -0.05) is 11.6 Å². The summed E-state index contributed by atoms with van der Waals surface area (Å²) in [5.41, 5.74) is 0.708. The molecule has 1 N–H and O–H groups in total. The SMILES string of the molecule is CC(C)N1CCC(Nc2cc(F)ccc2Cl)CC1. The Labute approximate surface area is 113 Å². The van der Waals surface area contributed by atoms with Gasteiger partial charge in [-0.3, -0.25) is 0 Å². The molecule has 1 heterocycles. The average molecular weight is 271 g/mol. The predicted molar refractivity (Wildman–Crippen MR) is 74.8 cm³/mol. The molecule has 0 unspecified atom stereocenters. The first-order valence-electron chi connectivity index (χ1n) is 6.52. The number of hydrogen-bond donors (Lipinski definition) is 1. The molecule has 0 bridgehead atoms. The van der Waals surface area contributed by atoms with Crippen molar-refractivity contribution < 1.29 is 4.39 Å². The largest absolute Gasteiger partial charge is 0.381 e. The van der Waals surface area contributed by atoms with E-state index < -0.39 is 0 Å². The van der Waals surface area contributed by atoms with Crippen LogP contribution in [0.5, 0.6) is 0 Å². The molecule has 0 radical (unpaired) electrons. The van der Waals surface area contributed by atoms with Crippen LogP contribution in [0, 0.1) is 5.82 Å².